The zero-order valence-corrected chi connectivity index (χ0v) is 11.4. The summed E-state index contributed by atoms with van der Waals surface area (Å²) in [6.07, 6.45) is 2.14. The van der Waals surface area contributed by atoms with Gasteiger partial charge in [-0.25, -0.2) is 0 Å². The number of nitrogens with zero attached hydrogens (tertiary/aromatic N) is 2. The summed E-state index contributed by atoms with van der Waals surface area (Å²) in [6, 6.07) is 8.26. The van der Waals surface area contributed by atoms with Crippen molar-refractivity contribution in [3.63, 3.8) is 0 Å². The van der Waals surface area contributed by atoms with E-state index in [-0.39, 0.29) is 11.9 Å². The third-order valence-corrected chi connectivity index (χ3v) is 4.17. The van der Waals surface area contributed by atoms with E-state index >= 15 is 0 Å². The summed E-state index contributed by atoms with van der Waals surface area (Å²) < 4.78 is 0. The van der Waals surface area contributed by atoms with E-state index in [4.69, 9.17) is 0 Å². The highest BCUT2D eigenvalue weighted by Gasteiger charge is 2.32. The van der Waals surface area contributed by atoms with Gasteiger partial charge in [0.05, 0.1) is 0 Å². The lowest BCUT2D eigenvalue weighted by Crippen LogP contribution is -2.57. The summed E-state index contributed by atoms with van der Waals surface area (Å²) in [5, 5.41) is 3.32. The molecule has 2 aliphatic heterocycles. The number of carbonyl (C=O) groups is 1. The van der Waals surface area contributed by atoms with Gasteiger partial charge in [0.2, 0.25) is 5.91 Å². The first-order valence-corrected chi connectivity index (χ1v) is 7.07. The first-order valence-electron chi connectivity index (χ1n) is 7.07. The van der Waals surface area contributed by atoms with Crippen LogP contribution in [-0.2, 0) is 11.2 Å². The van der Waals surface area contributed by atoms with E-state index in [0.29, 0.717) is 0 Å². The Morgan fingerprint density at radius 3 is 3.00 bits per heavy atom. The maximum atomic E-state index is 12.8. The summed E-state index contributed by atoms with van der Waals surface area (Å²) in [5.74, 6) is 0.238. The molecule has 0 radical (unpaired) electrons. The lowest BCUT2D eigenvalue weighted by Gasteiger charge is -2.37. The quantitative estimate of drug-likeness (QED) is 0.813. The molecule has 102 valence electrons. The first kappa shape index (κ1) is 12.6. The number of benzene rings is 1. The highest BCUT2D eigenvalue weighted by atomic mass is 16.2. The van der Waals surface area contributed by atoms with Crippen molar-refractivity contribution in [1.82, 2.24) is 10.2 Å². The molecule has 0 aromatic heterocycles. The van der Waals surface area contributed by atoms with Gasteiger partial charge in [-0.3, -0.25) is 9.69 Å². The number of carbonyl (C=O) groups excluding carboxylic acids is 1. The molecule has 1 amide bonds. The SMILES string of the molecule is CN1CCNCC1C(=O)N1CCCc2ccccc21. The highest BCUT2D eigenvalue weighted by molar-refractivity contribution is 5.98. The number of rotatable bonds is 1. The molecule has 3 rings (SSSR count). The Kier molecular flexibility index (Phi) is 3.53. The van der Waals surface area contributed by atoms with Crippen molar-refractivity contribution in [3.05, 3.63) is 29.8 Å². The van der Waals surface area contributed by atoms with Crippen LogP contribution in [0.15, 0.2) is 24.3 Å². The minimum absolute atomic E-state index is 0.0279. The standard InChI is InChI=1S/C15H21N3O/c1-17-10-8-16-11-14(17)15(19)18-9-4-6-12-5-2-3-7-13(12)18/h2-3,5,7,14,16H,4,6,8-11H2,1H3. The van der Waals surface area contributed by atoms with E-state index in [0.717, 1.165) is 44.7 Å². The molecule has 4 heteroatoms. The van der Waals surface area contributed by atoms with Gasteiger partial charge >= 0.3 is 0 Å². The molecule has 1 atom stereocenters. The number of aryl methyl sites for hydroxylation is 1. The van der Waals surface area contributed by atoms with E-state index in [2.05, 4.69) is 28.4 Å². The molecule has 1 saturated heterocycles. The van der Waals surface area contributed by atoms with Crippen molar-refractivity contribution < 1.29 is 4.79 Å². The number of amides is 1. The van der Waals surface area contributed by atoms with E-state index in [1.54, 1.807) is 0 Å². The van der Waals surface area contributed by atoms with Crippen LogP contribution in [0.25, 0.3) is 0 Å². The van der Waals surface area contributed by atoms with Gasteiger partial charge in [-0.15, -0.1) is 0 Å². The number of para-hydroxylation sites is 1. The van der Waals surface area contributed by atoms with Crippen LogP contribution in [0.2, 0.25) is 0 Å². The molecule has 2 heterocycles. The molecular weight excluding hydrogens is 238 g/mol. The molecule has 4 nitrogen and oxygen atoms in total. The zero-order valence-electron chi connectivity index (χ0n) is 11.4. The fourth-order valence-electron chi connectivity index (χ4n) is 3.02. The molecular formula is C15H21N3O. The predicted octanol–water partition coefficient (Wildman–Crippen LogP) is 0.869. The molecule has 1 unspecified atom stereocenters. The van der Waals surface area contributed by atoms with Crippen LogP contribution in [0, 0.1) is 0 Å². The van der Waals surface area contributed by atoms with Crippen LogP contribution in [0.3, 0.4) is 0 Å². The molecule has 2 aliphatic rings. The Hall–Kier alpha value is -1.39. The minimum atomic E-state index is -0.0279. The van der Waals surface area contributed by atoms with Crippen LogP contribution in [0.1, 0.15) is 12.0 Å². The summed E-state index contributed by atoms with van der Waals surface area (Å²) in [7, 11) is 2.04. The van der Waals surface area contributed by atoms with Gasteiger partial charge in [0, 0.05) is 31.9 Å². The maximum absolute atomic E-state index is 12.8. The number of hydrogen-bond acceptors (Lipinski definition) is 3. The Morgan fingerprint density at radius 1 is 1.32 bits per heavy atom. The van der Waals surface area contributed by atoms with Crippen LogP contribution >= 0.6 is 0 Å². The second-order valence-corrected chi connectivity index (χ2v) is 5.42. The van der Waals surface area contributed by atoms with Gasteiger partial charge in [0.25, 0.3) is 0 Å². The van der Waals surface area contributed by atoms with Crippen molar-refractivity contribution in [1.29, 1.82) is 0 Å². The Bertz CT molecular complexity index is 474. The summed E-state index contributed by atoms with van der Waals surface area (Å²) in [5.41, 5.74) is 2.41. The monoisotopic (exact) mass is 259 g/mol. The molecule has 0 bridgehead atoms. The molecule has 1 N–H and O–H groups in total. The van der Waals surface area contributed by atoms with Crippen LogP contribution < -0.4 is 10.2 Å². The summed E-state index contributed by atoms with van der Waals surface area (Å²) in [4.78, 5) is 16.9. The van der Waals surface area contributed by atoms with E-state index in [9.17, 15) is 4.79 Å². The molecule has 1 fully saturated rings. The Labute approximate surface area is 114 Å². The van der Waals surface area contributed by atoms with Crippen molar-refractivity contribution in [2.45, 2.75) is 18.9 Å². The van der Waals surface area contributed by atoms with E-state index in [1.807, 2.05) is 18.0 Å². The van der Waals surface area contributed by atoms with Crippen molar-refractivity contribution in [2.24, 2.45) is 0 Å². The molecule has 1 aromatic rings. The molecule has 1 aromatic carbocycles. The smallest absolute Gasteiger partial charge is 0.245 e. The molecule has 0 aliphatic carbocycles. The number of anilines is 1. The summed E-state index contributed by atoms with van der Waals surface area (Å²) in [6.45, 7) is 3.51. The van der Waals surface area contributed by atoms with Gasteiger partial charge in [-0.1, -0.05) is 18.2 Å². The topological polar surface area (TPSA) is 35.6 Å². The van der Waals surface area contributed by atoms with Gasteiger partial charge in [-0.2, -0.15) is 0 Å². The second kappa shape index (κ2) is 5.31. The van der Waals surface area contributed by atoms with E-state index < -0.39 is 0 Å². The van der Waals surface area contributed by atoms with E-state index in [1.165, 1.54) is 5.56 Å². The first-order chi connectivity index (χ1) is 9.27. The molecule has 0 saturated carbocycles. The van der Waals surface area contributed by atoms with Gasteiger partial charge in [0.1, 0.15) is 6.04 Å². The largest absolute Gasteiger partial charge is 0.313 e. The third kappa shape index (κ3) is 2.38. The van der Waals surface area contributed by atoms with Gasteiger partial charge < -0.3 is 10.2 Å². The van der Waals surface area contributed by atoms with Crippen molar-refractivity contribution in [2.75, 3.05) is 38.1 Å². The predicted molar refractivity (Wildman–Crippen MR) is 76.4 cm³/mol. The maximum Gasteiger partial charge on any atom is 0.245 e. The van der Waals surface area contributed by atoms with Crippen LogP contribution in [-0.4, -0.2) is 50.1 Å². The summed E-state index contributed by atoms with van der Waals surface area (Å²) >= 11 is 0. The van der Waals surface area contributed by atoms with Crippen molar-refractivity contribution in [3.8, 4) is 0 Å². The highest BCUT2D eigenvalue weighted by Crippen LogP contribution is 2.27. The zero-order chi connectivity index (χ0) is 13.2. The van der Waals surface area contributed by atoms with Gasteiger partial charge in [0.15, 0.2) is 0 Å². The average Bonchev–Trinajstić information content (AvgIpc) is 2.46. The third-order valence-electron chi connectivity index (χ3n) is 4.17. The molecule has 19 heavy (non-hydrogen) atoms. The average molecular weight is 259 g/mol. The number of likely N-dealkylation sites (N-methyl/N-ethyl adjacent to an activating group) is 1. The van der Waals surface area contributed by atoms with Crippen LogP contribution in [0.4, 0.5) is 5.69 Å². The lowest BCUT2D eigenvalue weighted by molar-refractivity contribution is -0.123. The fourth-order valence-corrected chi connectivity index (χ4v) is 3.02. The Morgan fingerprint density at radius 2 is 2.16 bits per heavy atom. The Balaban J connectivity index is 1.84. The number of piperazine rings is 1. The normalized spacial score (nSPS) is 24.1. The van der Waals surface area contributed by atoms with Gasteiger partial charge in [-0.05, 0) is 31.5 Å². The van der Waals surface area contributed by atoms with Crippen molar-refractivity contribution >= 4 is 11.6 Å². The lowest BCUT2D eigenvalue weighted by atomic mass is 10.0. The number of hydrogen-bond donors (Lipinski definition) is 1. The minimum Gasteiger partial charge on any atom is -0.313 e. The fraction of sp³-hybridized carbons (Fsp3) is 0.533. The number of nitrogens with one attached hydrogen (secondary N) is 1. The number of fused-ring (bicyclic) bond motifs is 1. The molecule has 0 spiro atoms. The second-order valence-electron chi connectivity index (χ2n) is 5.42. The van der Waals surface area contributed by atoms with Crippen LogP contribution in [0.5, 0.6) is 0 Å².